The number of allylic oxidation sites excluding steroid dienone is 1. The van der Waals surface area contributed by atoms with Crippen LogP contribution in [0.4, 0.5) is 15.8 Å². The highest BCUT2D eigenvalue weighted by Gasteiger charge is 2.70. The number of nitrogens with zero attached hydrogens (tertiary/aromatic N) is 1. The Morgan fingerprint density at radius 1 is 0.950 bits per heavy atom. The lowest BCUT2D eigenvalue weighted by atomic mass is 9.64. The molecule has 1 amide bonds. The summed E-state index contributed by atoms with van der Waals surface area (Å²) >= 11 is 1.32. The summed E-state index contributed by atoms with van der Waals surface area (Å²) in [7, 11) is 0. The van der Waals surface area contributed by atoms with Crippen LogP contribution in [0.1, 0.15) is 43.6 Å². The van der Waals surface area contributed by atoms with E-state index in [0.717, 1.165) is 22.4 Å². The van der Waals surface area contributed by atoms with E-state index in [1.54, 1.807) is 6.07 Å². The Bertz CT molecular complexity index is 1740. The minimum Gasteiger partial charge on any atom is -0.352 e. The highest BCUT2D eigenvalue weighted by molar-refractivity contribution is 7.12. The number of benzene rings is 3. The average molecular weight is 549 g/mol. The van der Waals surface area contributed by atoms with Crippen LogP contribution in [0.3, 0.4) is 0 Å². The predicted molar refractivity (Wildman–Crippen MR) is 155 cm³/mol. The minimum absolute atomic E-state index is 0.214. The maximum atomic E-state index is 14.7. The second-order valence-corrected chi connectivity index (χ2v) is 11.7. The number of thiophene rings is 1. The molecule has 1 spiro atoms. The van der Waals surface area contributed by atoms with Gasteiger partial charge in [0.1, 0.15) is 17.3 Å². The van der Waals surface area contributed by atoms with Crippen molar-refractivity contribution in [3.05, 3.63) is 123 Å². The molecule has 7 heteroatoms. The fourth-order valence-corrected chi connectivity index (χ4v) is 7.60. The summed E-state index contributed by atoms with van der Waals surface area (Å²) in [6, 6.07) is 20.8. The van der Waals surface area contributed by atoms with E-state index in [9.17, 15) is 18.8 Å². The van der Waals surface area contributed by atoms with E-state index in [-0.39, 0.29) is 23.0 Å². The Morgan fingerprint density at radius 2 is 1.73 bits per heavy atom. The molecule has 3 aliphatic heterocycles. The zero-order chi connectivity index (χ0) is 27.8. The van der Waals surface area contributed by atoms with Crippen molar-refractivity contribution >= 4 is 45.8 Å². The quantitative estimate of drug-likeness (QED) is 0.298. The number of aryl methyl sites for hydroxylation is 1. The number of Topliss-reactive ketones (excluding diaryl/α,β-unsaturated/α-hetero) is 2. The number of amides is 1. The standard InChI is InChI=1S/C33H25FN2O3S/c1-18-9-14-25-22(16-18)19(2)17-27-33(23-6-3-4-7-24(23)35-32(33)39)28(30(37)20-10-12-21(34)13-11-20)29(36(25)27)31(38)26-8-5-15-40-26/h3-17,27-29H,1-2H3,(H,35,39). The SMILES string of the molecule is CC1=CC2N(c3ccc(C)cc31)C(C(=O)c1cccs1)C(C(=O)c1ccc(F)cc1)C21C(=O)Nc2ccccc21. The number of rotatable bonds is 4. The fraction of sp³-hybridized carbons (Fsp3) is 0.182. The largest absolute Gasteiger partial charge is 0.352 e. The average Bonchev–Trinajstić information content (AvgIpc) is 3.66. The van der Waals surface area contributed by atoms with E-state index in [0.29, 0.717) is 16.1 Å². The zero-order valence-electron chi connectivity index (χ0n) is 21.9. The maximum Gasteiger partial charge on any atom is 0.238 e. The Balaban J connectivity index is 1.56. The maximum absolute atomic E-state index is 14.7. The number of anilines is 2. The molecule has 1 fully saturated rings. The van der Waals surface area contributed by atoms with E-state index in [1.807, 2.05) is 72.7 Å². The Hall–Kier alpha value is -4.36. The van der Waals surface area contributed by atoms with Crippen LogP contribution in [0.2, 0.25) is 0 Å². The lowest BCUT2D eigenvalue weighted by molar-refractivity contribution is -0.121. The molecule has 4 atom stereocenters. The van der Waals surface area contributed by atoms with Crippen molar-refractivity contribution in [3.63, 3.8) is 0 Å². The zero-order valence-corrected chi connectivity index (χ0v) is 22.7. The van der Waals surface area contributed by atoms with Crippen molar-refractivity contribution in [1.29, 1.82) is 0 Å². The van der Waals surface area contributed by atoms with E-state index in [1.165, 1.54) is 35.6 Å². The van der Waals surface area contributed by atoms with Crippen molar-refractivity contribution in [2.75, 3.05) is 10.2 Å². The number of fused-ring (bicyclic) bond motifs is 6. The first kappa shape index (κ1) is 24.7. The summed E-state index contributed by atoms with van der Waals surface area (Å²) in [5.41, 5.74) is 4.04. The first-order valence-electron chi connectivity index (χ1n) is 13.2. The highest BCUT2D eigenvalue weighted by Crippen LogP contribution is 2.59. The molecule has 40 heavy (non-hydrogen) atoms. The second kappa shape index (κ2) is 8.83. The lowest BCUT2D eigenvalue weighted by Gasteiger charge is -2.39. The van der Waals surface area contributed by atoms with Crippen LogP contribution < -0.4 is 10.2 Å². The van der Waals surface area contributed by atoms with Gasteiger partial charge in [0, 0.05) is 22.5 Å². The van der Waals surface area contributed by atoms with E-state index < -0.39 is 29.2 Å². The number of carbonyl (C=O) groups excluding carboxylic acids is 3. The molecule has 7 rings (SSSR count). The van der Waals surface area contributed by atoms with Gasteiger partial charge in [-0.25, -0.2) is 4.39 Å². The number of hydrogen-bond acceptors (Lipinski definition) is 5. The van der Waals surface area contributed by atoms with Crippen LogP contribution in [-0.2, 0) is 10.2 Å². The van der Waals surface area contributed by atoms with Crippen molar-refractivity contribution in [2.24, 2.45) is 5.92 Å². The molecule has 3 aliphatic rings. The topological polar surface area (TPSA) is 66.5 Å². The third-order valence-electron chi connectivity index (χ3n) is 8.58. The van der Waals surface area contributed by atoms with Gasteiger partial charge >= 0.3 is 0 Å². The fourth-order valence-electron chi connectivity index (χ4n) is 6.90. The molecule has 4 heterocycles. The van der Waals surface area contributed by atoms with Gasteiger partial charge in [-0.2, -0.15) is 0 Å². The van der Waals surface area contributed by atoms with Crippen LogP contribution >= 0.6 is 11.3 Å². The van der Waals surface area contributed by atoms with Gasteiger partial charge in [-0.1, -0.05) is 42.0 Å². The van der Waals surface area contributed by atoms with Gasteiger partial charge in [0.15, 0.2) is 11.6 Å². The second-order valence-electron chi connectivity index (χ2n) is 10.7. The molecule has 0 aliphatic carbocycles. The molecule has 4 aromatic rings. The van der Waals surface area contributed by atoms with Crippen LogP contribution in [0.5, 0.6) is 0 Å². The van der Waals surface area contributed by atoms with Gasteiger partial charge in [-0.15, -0.1) is 11.3 Å². The molecule has 5 nitrogen and oxygen atoms in total. The third kappa shape index (κ3) is 3.27. The van der Waals surface area contributed by atoms with Crippen molar-refractivity contribution in [3.8, 4) is 0 Å². The molecule has 0 saturated carbocycles. The van der Waals surface area contributed by atoms with Gasteiger partial charge in [-0.3, -0.25) is 14.4 Å². The molecule has 0 radical (unpaired) electrons. The van der Waals surface area contributed by atoms with Crippen molar-refractivity contribution < 1.29 is 18.8 Å². The van der Waals surface area contributed by atoms with Crippen LogP contribution in [0.25, 0.3) is 5.57 Å². The van der Waals surface area contributed by atoms with Crippen LogP contribution in [0.15, 0.2) is 90.3 Å². The number of para-hydroxylation sites is 1. The molecule has 3 aromatic carbocycles. The minimum atomic E-state index is -1.39. The monoisotopic (exact) mass is 548 g/mol. The van der Waals surface area contributed by atoms with Gasteiger partial charge in [0.05, 0.1) is 16.8 Å². The Labute approximate surface area is 235 Å². The number of nitrogens with one attached hydrogen (secondary N) is 1. The summed E-state index contributed by atoms with van der Waals surface area (Å²) in [6.45, 7) is 4.02. The molecular weight excluding hydrogens is 523 g/mol. The molecule has 0 bridgehead atoms. The van der Waals surface area contributed by atoms with E-state index in [2.05, 4.69) is 11.4 Å². The lowest BCUT2D eigenvalue weighted by Crippen LogP contribution is -2.51. The highest BCUT2D eigenvalue weighted by atomic mass is 32.1. The van der Waals surface area contributed by atoms with Gasteiger partial charge in [0.2, 0.25) is 5.91 Å². The van der Waals surface area contributed by atoms with Crippen LogP contribution in [0, 0.1) is 18.7 Å². The van der Waals surface area contributed by atoms with Crippen molar-refractivity contribution in [2.45, 2.75) is 31.3 Å². The Morgan fingerprint density at radius 3 is 2.48 bits per heavy atom. The van der Waals surface area contributed by atoms with E-state index in [4.69, 9.17) is 0 Å². The predicted octanol–water partition coefficient (Wildman–Crippen LogP) is 6.44. The molecule has 1 saturated heterocycles. The number of ketones is 2. The first-order valence-corrected chi connectivity index (χ1v) is 14.1. The first-order chi connectivity index (χ1) is 19.3. The summed E-state index contributed by atoms with van der Waals surface area (Å²) < 4.78 is 13.9. The van der Waals surface area contributed by atoms with Crippen LogP contribution in [-0.4, -0.2) is 29.6 Å². The normalized spacial score (nSPS) is 24.3. The summed E-state index contributed by atoms with van der Waals surface area (Å²) in [4.78, 5) is 46.0. The Kier molecular flexibility index (Phi) is 5.44. The molecule has 4 unspecified atom stereocenters. The number of hydrogen-bond donors (Lipinski definition) is 1. The summed E-state index contributed by atoms with van der Waals surface area (Å²) in [5.74, 6) is -2.43. The van der Waals surface area contributed by atoms with Gasteiger partial charge in [0.25, 0.3) is 0 Å². The summed E-state index contributed by atoms with van der Waals surface area (Å²) in [5, 5.41) is 4.87. The molecule has 1 aromatic heterocycles. The smallest absolute Gasteiger partial charge is 0.238 e. The van der Waals surface area contributed by atoms with Gasteiger partial charge < -0.3 is 10.2 Å². The third-order valence-corrected chi connectivity index (χ3v) is 9.46. The van der Waals surface area contributed by atoms with E-state index >= 15 is 0 Å². The molecular formula is C33H25FN2O3S. The number of halogens is 1. The molecule has 1 N–H and O–H groups in total. The number of carbonyl (C=O) groups is 3. The summed E-state index contributed by atoms with van der Waals surface area (Å²) in [6.07, 6.45) is 2.04. The van der Waals surface area contributed by atoms with Gasteiger partial charge in [-0.05, 0) is 78.9 Å². The molecule has 198 valence electrons. The van der Waals surface area contributed by atoms with Crippen molar-refractivity contribution in [1.82, 2.24) is 0 Å².